The number of carbonyl (C=O) groups is 4. The third kappa shape index (κ3) is 14.2. The van der Waals surface area contributed by atoms with E-state index in [0.29, 0.717) is 53.1 Å². The number of rotatable bonds is 41. The fourth-order valence-corrected chi connectivity index (χ4v) is 39.2. The highest BCUT2D eigenvalue weighted by molar-refractivity contribution is 7.35. The van der Waals surface area contributed by atoms with Crippen molar-refractivity contribution in [3.8, 4) is 48.8 Å². The maximum atomic E-state index is 15.8. The van der Waals surface area contributed by atoms with E-state index in [2.05, 4.69) is 107 Å². The maximum Gasteiger partial charge on any atom is 0.263 e. The summed E-state index contributed by atoms with van der Waals surface area (Å²) < 4.78 is 0. The van der Waals surface area contributed by atoms with Crippen molar-refractivity contribution in [3.05, 3.63) is 56.3 Å². The van der Waals surface area contributed by atoms with Crippen molar-refractivity contribution in [2.45, 2.75) is 287 Å². The number of carbonyl (C=O) groups excluding carboxylic acids is 4. The van der Waals surface area contributed by atoms with E-state index in [4.69, 9.17) is 0 Å². The molecule has 4 aliphatic rings. The third-order valence-corrected chi connectivity index (χ3v) is 41.3. The average Bonchev–Trinajstić information content (AvgIpc) is 1.54. The van der Waals surface area contributed by atoms with Crippen LogP contribution < -0.4 is 20.7 Å². The van der Waals surface area contributed by atoms with Crippen LogP contribution in [0.3, 0.4) is 0 Å². The van der Waals surface area contributed by atoms with Crippen LogP contribution in [0.1, 0.15) is 300 Å². The molecule has 0 aromatic carbocycles. The minimum absolute atomic E-state index is 0.0840. The molecule has 0 fully saturated rings. The lowest BCUT2D eigenvalue weighted by Gasteiger charge is -2.35. The molecule has 4 atom stereocenters. The highest BCUT2D eigenvalue weighted by Crippen LogP contribution is 2.56. The number of imide groups is 2. The summed E-state index contributed by atoms with van der Waals surface area (Å²) in [4.78, 5) is 78.8. The van der Waals surface area contributed by atoms with Crippen molar-refractivity contribution >= 4 is 129 Å². The van der Waals surface area contributed by atoms with Gasteiger partial charge in [0.05, 0.1) is 36.9 Å². The number of thiophene rings is 6. The molecule has 0 saturated heterocycles. The van der Waals surface area contributed by atoms with Gasteiger partial charge in [-0.25, -0.2) is 0 Å². The molecule has 0 N–H and O–H groups in total. The smallest absolute Gasteiger partial charge is 0.263 e. The Morgan fingerprint density at radius 3 is 1.07 bits per heavy atom. The van der Waals surface area contributed by atoms with Gasteiger partial charge in [0.25, 0.3) is 23.6 Å². The molecule has 6 aromatic rings. The minimum Gasteiger partial charge on any atom is -0.274 e. The average molecular weight is 1390 g/mol. The topological polar surface area (TPSA) is 74.8 Å². The van der Waals surface area contributed by atoms with Gasteiger partial charge in [-0.15, -0.1) is 68.0 Å². The molecule has 0 aliphatic carbocycles. The summed E-state index contributed by atoms with van der Waals surface area (Å²) in [7, 11) is -4.80. The lowest BCUT2D eigenvalue weighted by atomic mass is 9.99. The highest BCUT2D eigenvalue weighted by atomic mass is 32.1. The van der Waals surface area contributed by atoms with Gasteiger partial charge in [-0.2, -0.15) is 0 Å². The highest BCUT2D eigenvalue weighted by Gasteiger charge is 2.53. The lowest BCUT2D eigenvalue weighted by Crippen LogP contribution is -2.56. The van der Waals surface area contributed by atoms with Crippen LogP contribution in [0.4, 0.5) is 0 Å². The first-order valence-corrected chi connectivity index (χ1v) is 47.0. The predicted octanol–water partition coefficient (Wildman–Crippen LogP) is 23.5. The van der Waals surface area contributed by atoms with Crippen LogP contribution in [0.25, 0.3) is 48.8 Å². The zero-order chi connectivity index (χ0) is 65.4. The Hall–Kier alpha value is -3.09. The molecule has 92 heavy (non-hydrogen) atoms. The summed E-state index contributed by atoms with van der Waals surface area (Å²) >= 11 is 11.1. The standard InChI is InChI=1S/C78H112N2O4S6Si2/c1-13-23-29-31-33-35-41-91(42-36-34-32-30-24-14-2)60-43-51(11)85-71(60)72-61(91)44-58(88-72)69-66-67(78(84)80(77(66)83)48-54(20-8)38-26-16-4)70(90-69)59-46-63-74(89-59)73-62(92(63,49-55(21-9)39-27-17-5)50-56(22-10)40-28-18-6)45-57(87-73)68-65-64(52(12)86-68)75(81)79(76(65)82)47-53(19-7)37-25-15-3/h43-46,53-56H,13-42,47-50H2,1-12H3. The number of nitrogens with zero attached hydrogens (tertiary/aromatic N) is 2. The molecular formula is C78H112N2O4S6Si2. The maximum absolute atomic E-state index is 15.8. The Kier molecular flexibility index (Phi) is 25.3. The van der Waals surface area contributed by atoms with Gasteiger partial charge in [-0.3, -0.25) is 29.0 Å². The molecule has 6 aromatic heterocycles. The summed E-state index contributed by atoms with van der Waals surface area (Å²) in [5.41, 5.74) is 2.59. The Bertz CT molecular complexity index is 3480. The van der Waals surface area contributed by atoms with Gasteiger partial charge in [0.1, 0.15) is 16.1 Å². The molecule has 0 spiro atoms. The van der Waals surface area contributed by atoms with Crippen molar-refractivity contribution in [2.24, 2.45) is 23.7 Å². The molecule has 502 valence electrons. The summed E-state index contributed by atoms with van der Waals surface area (Å²) in [5.74, 6) is 1.31. The summed E-state index contributed by atoms with van der Waals surface area (Å²) in [6, 6.07) is 15.3. The molecule has 0 bridgehead atoms. The fraction of sp³-hybridized carbons (Fsp3) is 0.641. The van der Waals surface area contributed by atoms with Gasteiger partial charge in [0, 0.05) is 57.0 Å². The molecule has 4 amide bonds. The van der Waals surface area contributed by atoms with Gasteiger partial charge < -0.3 is 0 Å². The molecule has 4 aliphatic heterocycles. The number of fused-ring (bicyclic) bond motifs is 8. The largest absolute Gasteiger partial charge is 0.274 e. The molecule has 10 heterocycles. The van der Waals surface area contributed by atoms with E-state index in [0.717, 1.165) is 93.5 Å². The molecule has 14 heteroatoms. The zero-order valence-corrected chi connectivity index (χ0v) is 65.5. The van der Waals surface area contributed by atoms with Crippen LogP contribution in [-0.4, -0.2) is 62.7 Å². The normalized spacial score (nSPS) is 17.5. The van der Waals surface area contributed by atoms with E-state index in [9.17, 15) is 9.59 Å². The van der Waals surface area contributed by atoms with Gasteiger partial charge in [0.15, 0.2) is 0 Å². The van der Waals surface area contributed by atoms with Crippen LogP contribution in [0.5, 0.6) is 0 Å². The minimum atomic E-state index is -2.61. The van der Waals surface area contributed by atoms with Crippen molar-refractivity contribution in [3.63, 3.8) is 0 Å². The van der Waals surface area contributed by atoms with E-state index in [1.165, 1.54) is 169 Å². The summed E-state index contributed by atoms with van der Waals surface area (Å²) in [6.45, 7) is 28.4. The van der Waals surface area contributed by atoms with Crippen LogP contribution in [0, 0.1) is 37.5 Å². The second-order valence-electron chi connectivity index (χ2n) is 28.6. The summed E-state index contributed by atoms with van der Waals surface area (Å²) in [5, 5.41) is 6.42. The van der Waals surface area contributed by atoms with Gasteiger partial charge in [-0.05, 0) is 120 Å². The van der Waals surface area contributed by atoms with E-state index < -0.39 is 16.1 Å². The Morgan fingerprint density at radius 1 is 0.337 bits per heavy atom. The zero-order valence-electron chi connectivity index (χ0n) is 58.6. The molecule has 10 rings (SSSR count). The Labute approximate surface area is 581 Å². The summed E-state index contributed by atoms with van der Waals surface area (Å²) in [6.07, 6.45) is 33.5. The number of hydrogen-bond acceptors (Lipinski definition) is 10. The quantitative estimate of drug-likeness (QED) is 0.0218. The SMILES string of the molecule is CCCCCCCC[Si]1(CCCCCCCC)c2cc(C)sc2-c2sc(-c3sc(-c4cc5c(s4)-c4sc(-c6sc(C)c7c6C(=O)N(CC(CC)CCCC)C7=O)cc4[Si]5(CC(CC)CCCC)CC(CC)CCCC)c4c3C(=O)N(CC(CC)CCCC)C4=O)cc21. The van der Waals surface area contributed by atoms with Gasteiger partial charge >= 0.3 is 0 Å². The first-order chi connectivity index (χ1) is 44.7. The molecule has 0 radical (unpaired) electrons. The van der Waals surface area contributed by atoms with Crippen molar-refractivity contribution in [1.82, 2.24) is 9.80 Å². The van der Waals surface area contributed by atoms with Crippen molar-refractivity contribution < 1.29 is 19.2 Å². The van der Waals surface area contributed by atoms with Crippen LogP contribution in [0.15, 0.2) is 24.3 Å². The number of aryl methyl sites for hydroxylation is 2. The third-order valence-electron chi connectivity index (χ3n) is 22.3. The first-order valence-electron chi connectivity index (χ1n) is 37.2. The van der Waals surface area contributed by atoms with Crippen LogP contribution in [-0.2, 0) is 0 Å². The predicted molar refractivity (Wildman–Crippen MR) is 410 cm³/mol. The number of amides is 4. The van der Waals surface area contributed by atoms with Crippen molar-refractivity contribution in [2.75, 3.05) is 13.1 Å². The number of hydrogen-bond donors (Lipinski definition) is 0. The van der Waals surface area contributed by atoms with Crippen LogP contribution >= 0.6 is 68.0 Å². The van der Waals surface area contributed by atoms with E-state index in [1.807, 2.05) is 45.3 Å². The second-order valence-corrected chi connectivity index (χ2v) is 43.6. The van der Waals surface area contributed by atoms with Crippen molar-refractivity contribution in [1.29, 1.82) is 0 Å². The fourth-order valence-electron chi connectivity index (χ4n) is 16.7. The molecule has 4 unspecified atom stereocenters. The monoisotopic (exact) mass is 1390 g/mol. The van der Waals surface area contributed by atoms with Crippen LogP contribution in [0.2, 0.25) is 24.2 Å². The van der Waals surface area contributed by atoms with Gasteiger partial charge in [0.2, 0.25) is 0 Å². The number of unbranched alkanes of at least 4 members (excludes halogenated alkanes) is 14. The van der Waals surface area contributed by atoms with Gasteiger partial charge in [-0.1, -0.05) is 236 Å². The second kappa shape index (κ2) is 32.5. The van der Waals surface area contributed by atoms with E-state index in [-0.39, 0.29) is 29.5 Å². The first kappa shape index (κ1) is 71.7. The molecule has 0 saturated carbocycles. The lowest BCUT2D eigenvalue weighted by molar-refractivity contribution is 0.0609. The Morgan fingerprint density at radius 2 is 0.663 bits per heavy atom. The Balaban J connectivity index is 1.15. The van der Waals surface area contributed by atoms with E-state index in [1.54, 1.807) is 53.2 Å². The molecular weight excluding hydrogens is 1280 g/mol. The molecule has 6 nitrogen and oxygen atoms in total. The van der Waals surface area contributed by atoms with E-state index >= 15 is 9.59 Å².